The first kappa shape index (κ1) is 16.6. The first-order chi connectivity index (χ1) is 11.6. The maximum atomic E-state index is 12.3. The SMILES string of the molecule is O=C(OCc1ccccc1Cl)c1ccnn1Cc1ccccc1Cl. The first-order valence-corrected chi connectivity index (χ1v) is 8.06. The third-order valence-electron chi connectivity index (χ3n) is 3.52. The molecule has 4 nitrogen and oxygen atoms in total. The summed E-state index contributed by atoms with van der Waals surface area (Å²) in [5.74, 6) is -0.459. The minimum Gasteiger partial charge on any atom is -0.456 e. The Kier molecular flexibility index (Phi) is 5.18. The van der Waals surface area contributed by atoms with Crippen molar-refractivity contribution in [3.63, 3.8) is 0 Å². The average molecular weight is 361 g/mol. The van der Waals surface area contributed by atoms with E-state index in [0.29, 0.717) is 22.3 Å². The van der Waals surface area contributed by atoms with Crippen molar-refractivity contribution in [2.45, 2.75) is 13.2 Å². The fourth-order valence-corrected chi connectivity index (χ4v) is 2.64. The number of halogens is 2. The van der Waals surface area contributed by atoms with E-state index < -0.39 is 5.97 Å². The molecule has 0 radical (unpaired) electrons. The predicted molar refractivity (Wildman–Crippen MR) is 93.4 cm³/mol. The quantitative estimate of drug-likeness (QED) is 0.624. The Hall–Kier alpha value is -2.30. The van der Waals surface area contributed by atoms with Crippen LogP contribution in [0.3, 0.4) is 0 Å². The van der Waals surface area contributed by atoms with Gasteiger partial charge in [-0.25, -0.2) is 4.79 Å². The molecule has 0 aliphatic rings. The van der Waals surface area contributed by atoms with Crippen LogP contribution in [-0.2, 0) is 17.9 Å². The molecule has 0 unspecified atom stereocenters. The summed E-state index contributed by atoms with van der Waals surface area (Å²) in [6, 6.07) is 16.3. The zero-order valence-corrected chi connectivity index (χ0v) is 14.2. The monoisotopic (exact) mass is 360 g/mol. The summed E-state index contributed by atoms with van der Waals surface area (Å²) >= 11 is 12.2. The molecule has 0 aliphatic heterocycles. The van der Waals surface area contributed by atoms with E-state index in [-0.39, 0.29) is 6.61 Å². The zero-order chi connectivity index (χ0) is 16.9. The minimum atomic E-state index is -0.459. The molecule has 2 aromatic carbocycles. The van der Waals surface area contributed by atoms with E-state index in [1.54, 1.807) is 29.1 Å². The lowest BCUT2D eigenvalue weighted by Gasteiger charge is -2.10. The normalized spacial score (nSPS) is 10.6. The summed E-state index contributed by atoms with van der Waals surface area (Å²) in [7, 11) is 0. The molecule has 3 rings (SSSR count). The van der Waals surface area contributed by atoms with Gasteiger partial charge in [-0.3, -0.25) is 4.68 Å². The minimum absolute atomic E-state index is 0.107. The average Bonchev–Trinajstić information content (AvgIpc) is 3.04. The van der Waals surface area contributed by atoms with Gasteiger partial charge in [0.1, 0.15) is 12.3 Å². The van der Waals surface area contributed by atoms with Crippen LogP contribution in [-0.4, -0.2) is 15.7 Å². The summed E-state index contributed by atoms with van der Waals surface area (Å²) in [6.07, 6.45) is 1.56. The highest BCUT2D eigenvalue weighted by atomic mass is 35.5. The van der Waals surface area contributed by atoms with Gasteiger partial charge in [0.25, 0.3) is 0 Å². The molecule has 1 aromatic heterocycles. The molecule has 0 saturated heterocycles. The van der Waals surface area contributed by atoms with Crippen molar-refractivity contribution in [2.75, 3.05) is 0 Å². The molecule has 122 valence electrons. The molecule has 0 amide bonds. The van der Waals surface area contributed by atoms with Gasteiger partial charge in [0, 0.05) is 21.8 Å². The molecule has 0 aliphatic carbocycles. The smallest absolute Gasteiger partial charge is 0.356 e. The number of carbonyl (C=O) groups is 1. The van der Waals surface area contributed by atoms with Gasteiger partial charge in [0.05, 0.1) is 6.54 Å². The zero-order valence-electron chi connectivity index (χ0n) is 12.7. The second kappa shape index (κ2) is 7.51. The summed E-state index contributed by atoms with van der Waals surface area (Å²) in [4.78, 5) is 12.3. The molecule has 0 saturated carbocycles. The van der Waals surface area contributed by atoms with Crippen molar-refractivity contribution in [1.29, 1.82) is 0 Å². The van der Waals surface area contributed by atoms with E-state index >= 15 is 0 Å². The summed E-state index contributed by atoms with van der Waals surface area (Å²) in [6.45, 7) is 0.499. The Balaban J connectivity index is 1.72. The van der Waals surface area contributed by atoms with Gasteiger partial charge in [0.2, 0.25) is 0 Å². The van der Waals surface area contributed by atoms with E-state index in [4.69, 9.17) is 27.9 Å². The van der Waals surface area contributed by atoms with Crippen LogP contribution in [0.25, 0.3) is 0 Å². The molecule has 0 atom stereocenters. The van der Waals surface area contributed by atoms with Crippen LogP contribution in [0.5, 0.6) is 0 Å². The molecule has 1 heterocycles. The lowest BCUT2D eigenvalue weighted by molar-refractivity contribution is 0.0459. The van der Waals surface area contributed by atoms with Crippen molar-refractivity contribution < 1.29 is 9.53 Å². The number of esters is 1. The molecule has 6 heteroatoms. The number of benzene rings is 2. The number of hydrogen-bond acceptors (Lipinski definition) is 3. The predicted octanol–water partition coefficient (Wildman–Crippen LogP) is 4.60. The van der Waals surface area contributed by atoms with Crippen molar-refractivity contribution >= 4 is 29.2 Å². The van der Waals surface area contributed by atoms with Crippen LogP contribution >= 0.6 is 23.2 Å². The lowest BCUT2D eigenvalue weighted by atomic mass is 10.2. The Morgan fingerprint density at radius 3 is 2.25 bits per heavy atom. The van der Waals surface area contributed by atoms with Gasteiger partial charge in [0.15, 0.2) is 0 Å². The van der Waals surface area contributed by atoms with E-state index in [1.807, 2.05) is 36.4 Å². The number of ether oxygens (including phenoxy) is 1. The van der Waals surface area contributed by atoms with Crippen molar-refractivity contribution in [1.82, 2.24) is 9.78 Å². The third kappa shape index (κ3) is 3.78. The fourth-order valence-electron chi connectivity index (χ4n) is 2.25. The van der Waals surface area contributed by atoms with Crippen molar-refractivity contribution in [3.05, 3.63) is 87.7 Å². The van der Waals surface area contributed by atoms with Crippen LogP contribution in [0.15, 0.2) is 60.8 Å². The molecular formula is C18H14Cl2N2O2. The van der Waals surface area contributed by atoms with E-state index in [2.05, 4.69) is 5.10 Å². The number of rotatable bonds is 5. The van der Waals surface area contributed by atoms with Gasteiger partial charge < -0.3 is 4.74 Å². The van der Waals surface area contributed by atoms with Crippen LogP contribution in [0.4, 0.5) is 0 Å². The molecule has 3 aromatic rings. The molecular weight excluding hydrogens is 347 g/mol. The summed E-state index contributed by atoms with van der Waals surface area (Å²) in [5.41, 5.74) is 2.00. The molecule has 24 heavy (non-hydrogen) atoms. The Labute approximate surface area is 149 Å². The van der Waals surface area contributed by atoms with E-state index in [0.717, 1.165) is 11.1 Å². The van der Waals surface area contributed by atoms with Gasteiger partial charge in [-0.1, -0.05) is 59.6 Å². The number of aromatic nitrogens is 2. The highest BCUT2D eigenvalue weighted by Crippen LogP contribution is 2.18. The maximum Gasteiger partial charge on any atom is 0.356 e. The van der Waals surface area contributed by atoms with Crippen LogP contribution in [0.2, 0.25) is 10.0 Å². The van der Waals surface area contributed by atoms with Crippen molar-refractivity contribution in [2.24, 2.45) is 0 Å². The molecule has 0 bridgehead atoms. The summed E-state index contributed by atoms with van der Waals surface area (Å²) in [5, 5.41) is 5.37. The van der Waals surface area contributed by atoms with Crippen molar-refractivity contribution in [3.8, 4) is 0 Å². The largest absolute Gasteiger partial charge is 0.456 e. The topological polar surface area (TPSA) is 44.1 Å². The van der Waals surface area contributed by atoms with Crippen LogP contribution in [0.1, 0.15) is 21.6 Å². The summed E-state index contributed by atoms with van der Waals surface area (Å²) < 4.78 is 6.91. The van der Waals surface area contributed by atoms with E-state index in [9.17, 15) is 4.79 Å². The van der Waals surface area contributed by atoms with Gasteiger partial charge in [-0.15, -0.1) is 0 Å². The second-order valence-corrected chi connectivity index (χ2v) is 5.95. The second-order valence-electron chi connectivity index (χ2n) is 5.13. The van der Waals surface area contributed by atoms with Gasteiger partial charge in [-0.2, -0.15) is 5.10 Å². The molecule has 0 N–H and O–H groups in total. The van der Waals surface area contributed by atoms with Gasteiger partial charge in [-0.05, 0) is 23.8 Å². The van der Waals surface area contributed by atoms with E-state index in [1.165, 1.54) is 0 Å². The Bertz CT molecular complexity index is 861. The third-order valence-corrected chi connectivity index (χ3v) is 4.26. The molecule has 0 spiro atoms. The first-order valence-electron chi connectivity index (χ1n) is 7.31. The standard InChI is InChI=1S/C18H14Cl2N2O2/c19-15-7-3-1-5-13(15)11-22-17(9-10-21-22)18(23)24-12-14-6-2-4-8-16(14)20/h1-10H,11-12H2. The number of hydrogen-bond donors (Lipinski definition) is 0. The molecule has 0 fully saturated rings. The highest BCUT2D eigenvalue weighted by molar-refractivity contribution is 6.31. The Morgan fingerprint density at radius 1 is 0.958 bits per heavy atom. The lowest BCUT2D eigenvalue weighted by Crippen LogP contribution is -2.14. The number of carbonyl (C=O) groups excluding carboxylic acids is 1. The Morgan fingerprint density at radius 2 is 1.58 bits per heavy atom. The number of nitrogens with zero attached hydrogens (tertiary/aromatic N) is 2. The fraction of sp³-hybridized carbons (Fsp3) is 0.111. The van der Waals surface area contributed by atoms with Crippen LogP contribution < -0.4 is 0 Å². The van der Waals surface area contributed by atoms with Crippen LogP contribution in [0, 0.1) is 0 Å². The highest BCUT2D eigenvalue weighted by Gasteiger charge is 2.15. The van der Waals surface area contributed by atoms with Gasteiger partial charge >= 0.3 is 5.97 Å². The maximum absolute atomic E-state index is 12.3.